The summed E-state index contributed by atoms with van der Waals surface area (Å²) in [6.45, 7) is 2.19. The number of carbonyl (C=O) groups excluding carboxylic acids is 2. The topological polar surface area (TPSA) is 84.0 Å². The van der Waals surface area contributed by atoms with Gasteiger partial charge in [-0.1, -0.05) is 15.9 Å². The summed E-state index contributed by atoms with van der Waals surface area (Å²) in [7, 11) is 0. The van der Waals surface area contributed by atoms with Crippen molar-refractivity contribution in [1.82, 2.24) is 15.3 Å². The molecule has 2 N–H and O–H groups in total. The van der Waals surface area contributed by atoms with Crippen molar-refractivity contribution < 1.29 is 9.59 Å². The molecule has 0 spiro atoms. The van der Waals surface area contributed by atoms with Gasteiger partial charge < -0.3 is 10.6 Å². The number of nitrogens with one attached hydrogen (secondary N) is 2. The molecule has 3 aromatic rings. The molecule has 148 valence electrons. The average molecular weight is 471 g/mol. The van der Waals surface area contributed by atoms with Gasteiger partial charge in [0, 0.05) is 46.0 Å². The van der Waals surface area contributed by atoms with Crippen molar-refractivity contribution in [3.8, 4) is 0 Å². The van der Waals surface area contributed by atoms with Crippen molar-refractivity contribution in [2.75, 3.05) is 11.9 Å². The molecule has 6 nitrogen and oxygen atoms in total. The van der Waals surface area contributed by atoms with E-state index in [0.717, 1.165) is 20.6 Å². The number of aromatic nitrogens is 2. The normalized spacial score (nSPS) is 10.4. The minimum Gasteiger partial charge on any atom is -0.352 e. The number of carbonyl (C=O) groups is 2. The highest BCUT2D eigenvalue weighted by molar-refractivity contribution is 9.10. The molecule has 8 heteroatoms. The molecule has 0 bridgehead atoms. The molecule has 0 aliphatic heterocycles. The summed E-state index contributed by atoms with van der Waals surface area (Å²) in [6.07, 6.45) is 3.59. The van der Waals surface area contributed by atoms with Crippen LogP contribution in [0.5, 0.6) is 0 Å². The molecule has 2 amide bonds. The Balaban J connectivity index is 1.48. The van der Waals surface area contributed by atoms with Crippen molar-refractivity contribution >= 4 is 45.2 Å². The lowest BCUT2D eigenvalue weighted by Crippen LogP contribution is -2.27. The van der Waals surface area contributed by atoms with Crippen LogP contribution < -0.4 is 10.6 Å². The number of benzene rings is 2. The monoisotopic (exact) mass is 470 g/mol. The molecule has 0 unspecified atom stereocenters. The number of anilines is 1. The number of hydrogen-bond donors (Lipinski definition) is 2. The summed E-state index contributed by atoms with van der Waals surface area (Å²) >= 11 is 4.79. The average Bonchev–Trinajstić information content (AvgIpc) is 2.71. The molecule has 1 heterocycles. The first-order valence-corrected chi connectivity index (χ1v) is 10.5. The second kappa shape index (κ2) is 10.2. The third kappa shape index (κ3) is 6.40. The van der Waals surface area contributed by atoms with Gasteiger partial charge in [0.05, 0.1) is 0 Å². The molecule has 0 saturated heterocycles. The van der Waals surface area contributed by atoms with Crippen molar-refractivity contribution in [3.63, 3.8) is 0 Å². The minimum atomic E-state index is -0.203. The summed E-state index contributed by atoms with van der Waals surface area (Å²) < 4.78 is 0.907. The number of rotatable bonds is 7. The van der Waals surface area contributed by atoms with Crippen LogP contribution in [0.1, 0.15) is 22.3 Å². The van der Waals surface area contributed by atoms with Crippen molar-refractivity contribution in [2.24, 2.45) is 0 Å². The first-order valence-electron chi connectivity index (χ1n) is 8.90. The van der Waals surface area contributed by atoms with Gasteiger partial charge in [0.15, 0.2) is 5.16 Å². The fourth-order valence-corrected chi connectivity index (χ4v) is 3.56. The van der Waals surface area contributed by atoms with E-state index in [1.807, 2.05) is 25.1 Å². The van der Waals surface area contributed by atoms with E-state index in [1.165, 1.54) is 11.8 Å². The number of aryl methyl sites for hydroxylation is 1. The van der Waals surface area contributed by atoms with Crippen LogP contribution >= 0.6 is 27.7 Å². The van der Waals surface area contributed by atoms with Crippen molar-refractivity contribution in [1.29, 1.82) is 0 Å². The predicted octanol–water partition coefficient (Wildman–Crippen LogP) is 4.46. The van der Waals surface area contributed by atoms with Gasteiger partial charge in [-0.3, -0.25) is 9.59 Å². The van der Waals surface area contributed by atoms with Gasteiger partial charge in [0.25, 0.3) is 5.91 Å². The van der Waals surface area contributed by atoms with Gasteiger partial charge in [-0.25, -0.2) is 9.97 Å². The molecule has 29 heavy (non-hydrogen) atoms. The van der Waals surface area contributed by atoms with E-state index < -0.39 is 0 Å². The second-order valence-corrected chi connectivity index (χ2v) is 8.13. The van der Waals surface area contributed by atoms with E-state index in [-0.39, 0.29) is 24.8 Å². The standard InChI is InChI=1S/C21H19BrN4O2S/c1-14-13-17(29-21-24-10-2-11-25-21)7-8-18(14)26-19(27)9-12-23-20(28)15-3-5-16(22)6-4-15/h2-8,10-11,13H,9,12H2,1H3,(H,23,28)(H,26,27). The van der Waals surface area contributed by atoms with Crippen LogP contribution in [-0.2, 0) is 4.79 Å². The SMILES string of the molecule is Cc1cc(Sc2ncccn2)ccc1NC(=O)CCNC(=O)c1ccc(Br)cc1. The van der Waals surface area contributed by atoms with Gasteiger partial charge in [-0.05, 0) is 72.8 Å². The van der Waals surface area contributed by atoms with E-state index >= 15 is 0 Å². The highest BCUT2D eigenvalue weighted by Crippen LogP contribution is 2.27. The minimum absolute atomic E-state index is 0.156. The van der Waals surface area contributed by atoms with E-state index in [0.29, 0.717) is 10.7 Å². The number of halogens is 1. The first-order chi connectivity index (χ1) is 14.0. The molecule has 1 aromatic heterocycles. The number of hydrogen-bond acceptors (Lipinski definition) is 5. The van der Waals surface area contributed by atoms with E-state index in [4.69, 9.17) is 0 Å². The van der Waals surface area contributed by atoms with Gasteiger partial charge in [-0.15, -0.1) is 0 Å². The molecule has 0 aliphatic carbocycles. The molecule has 0 atom stereocenters. The fraction of sp³-hybridized carbons (Fsp3) is 0.143. The maximum atomic E-state index is 12.2. The summed E-state index contributed by atoms with van der Waals surface area (Å²) in [5.41, 5.74) is 2.24. The summed E-state index contributed by atoms with van der Waals surface area (Å²) in [5.74, 6) is -0.359. The highest BCUT2D eigenvalue weighted by atomic mass is 79.9. The maximum absolute atomic E-state index is 12.2. The first kappa shape index (κ1) is 21.0. The second-order valence-electron chi connectivity index (χ2n) is 6.17. The third-order valence-electron chi connectivity index (χ3n) is 3.97. The molecular weight excluding hydrogens is 452 g/mol. The molecular formula is C21H19BrN4O2S. The Morgan fingerprint density at radius 2 is 1.79 bits per heavy atom. The van der Waals surface area contributed by atoms with E-state index in [2.05, 4.69) is 36.5 Å². The van der Waals surface area contributed by atoms with Crippen LogP contribution in [0.25, 0.3) is 0 Å². The fourth-order valence-electron chi connectivity index (χ4n) is 2.49. The Bertz CT molecular complexity index is 997. The van der Waals surface area contributed by atoms with Crippen LogP contribution in [-0.4, -0.2) is 28.3 Å². The molecule has 2 aromatic carbocycles. The maximum Gasteiger partial charge on any atom is 0.251 e. The largest absolute Gasteiger partial charge is 0.352 e. The Morgan fingerprint density at radius 1 is 1.07 bits per heavy atom. The van der Waals surface area contributed by atoms with Crippen molar-refractivity contribution in [2.45, 2.75) is 23.4 Å². The number of nitrogens with zero attached hydrogens (tertiary/aromatic N) is 2. The Morgan fingerprint density at radius 3 is 2.48 bits per heavy atom. The third-order valence-corrected chi connectivity index (χ3v) is 5.38. The van der Waals surface area contributed by atoms with Crippen molar-refractivity contribution in [3.05, 3.63) is 76.5 Å². The van der Waals surface area contributed by atoms with Gasteiger partial charge >= 0.3 is 0 Å². The van der Waals surface area contributed by atoms with Crippen LogP contribution in [0.2, 0.25) is 0 Å². The molecule has 3 rings (SSSR count). The zero-order valence-corrected chi connectivity index (χ0v) is 18.1. The number of amides is 2. The van der Waals surface area contributed by atoms with Gasteiger partial charge in [0.2, 0.25) is 5.91 Å². The zero-order chi connectivity index (χ0) is 20.6. The molecule has 0 aliphatic rings. The summed E-state index contributed by atoms with van der Waals surface area (Å²) in [4.78, 5) is 33.7. The van der Waals surface area contributed by atoms with Gasteiger partial charge in [-0.2, -0.15) is 0 Å². The van der Waals surface area contributed by atoms with Crippen LogP contribution in [0, 0.1) is 6.92 Å². The lowest BCUT2D eigenvalue weighted by Gasteiger charge is -2.10. The Kier molecular flexibility index (Phi) is 7.37. The van der Waals surface area contributed by atoms with Crippen LogP contribution in [0.4, 0.5) is 5.69 Å². The smallest absolute Gasteiger partial charge is 0.251 e. The molecule has 0 fully saturated rings. The van der Waals surface area contributed by atoms with Gasteiger partial charge in [0.1, 0.15) is 0 Å². The van der Waals surface area contributed by atoms with Crippen LogP contribution in [0.3, 0.4) is 0 Å². The van der Waals surface area contributed by atoms with Crippen LogP contribution in [0.15, 0.2) is 75.4 Å². The Hall–Kier alpha value is -2.71. The predicted molar refractivity (Wildman–Crippen MR) is 117 cm³/mol. The molecule has 0 radical (unpaired) electrons. The zero-order valence-electron chi connectivity index (χ0n) is 15.7. The molecule has 0 saturated carbocycles. The lowest BCUT2D eigenvalue weighted by atomic mass is 10.2. The summed E-state index contributed by atoms with van der Waals surface area (Å²) in [5, 5.41) is 6.31. The Labute approximate surface area is 181 Å². The highest BCUT2D eigenvalue weighted by Gasteiger charge is 2.09. The van der Waals surface area contributed by atoms with E-state index in [9.17, 15) is 9.59 Å². The summed E-state index contributed by atoms with van der Waals surface area (Å²) in [6, 6.07) is 14.6. The lowest BCUT2D eigenvalue weighted by molar-refractivity contribution is -0.116. The van der Waals surface area contributed by atoms with E-state index in [1.54, 1.807) is 42.7 Å². The quantitative estimate of drug-likeness (QED) is 0.498.